The van der Waals surface area contributed by atoms with Crippen molar-refractivity contribution < 1.29 is 8.42 Å². The standard InChI is InChI=1S/C13H22N2O2S/c1-4-13(9-14)18(16,17)15-12-7-5-6-11(8-12)10(2)3/h5-8,10,13,15H,4,9,14H2,1-3H3. The fraction of sp³-hybridized carbons (Fsp3) is 0.538. The molecule has 102 valence electrons. The van der Waals surface area contributed by atoms with Gasteiger partial charge in [0.1, 0.15) is 0 Å². The van der Waals surface area contributed by atoms with Crippen molar-refractivity contribution in [2.75, 3.05) is 11.3 Å². The number of nitrogens with two attached hydrogens (primary N) is 1. The molecule has 3 N–H and O–H groups in total. The monoisotopic (exact) mass is 270 g/mol. The Kier molecular flexibility index (Phi) is 5.16. The number of rotatable bonds is 6. The lowest BCUT2D eigenvalue weighted by atomic mass is 10.0. The first-order chi connectivity index (χ1) is 8.40. The summed E-state index contributed by atoms with van der Waals surface area (Å²) in [5, 5.41) is -0.541. The maximum Gasteiger partial charge on any atom is 0.236 e. The van der Waals surface area contributed by atoms with Gasteiger partial charge in [0.25, 0.3) is 0 Å². The van der Waals surface area contributed by atoms with Crippen molar-refractivity contribution >= 4 is 15.7 Å². The first-order valence-corrected chi connectivity index (χ1v) is 7.77. The summed E-state index contributed by atoms with van der Waals surface area (Å²) in [4.78, 5) is 0. The van der Waals surface area contributed by atoms with Crippen LogP contribution in [0.3, 0.4) is 0 Å². The molecule has 1 unspecified atom stereocenters. The van der Waals surface area contributed by atoms with Gasteiger partial charge < -0.3 is 5.73 Å². The second-order valence-corrected chi connectivity index (χ2v) is 6.65. The van der Waals surface area contributed by atoms with E-state index in [0.717, 1.165) is 5.56 Å². The molecule has 0 saturated heterocycles. The van der Waals surface area contributed by atoms with E-state index in [1.807, 2.05) is 25.1 Å². The molecule has 18 heavy (non-hydrogen) atoms. The molecular weight excluding hydrogens is 248 g/mol. The van der Waals surface area contributed by atoms with Crippen LogP contribution in [0.25, 0.3) is 0 Å². The summed E-state index contributed by atoms with van der Waals surface area (Å²) < 4.78 is 26.7. The molecule has 1 rings (SSSR count). The van der Waals surface area contributed by atoms with Crippen LogP contribution < -0.4 is 10.5 Å². The molecule has 0 amide bonds. The third-order valence-corrected chi connectivity index (χ3v) is 4.89. The van der Waals surface area contributed by atoms with Gasteiger partial charge in [-0.05, 0) is 30.0 Å². The van der Waals surface area contributed by atoms with Crippen LogP contribution in [0.2, 0.25) is 0 Å². The van der Waals surface area contributed by atoms with Crippen LogP contribution in [-0.2, 0) is 10.0 Å². The van der Waals surface area contributed by atoms with Gasteiger partial charge in [-0.1, -0.05) is 32.9 Å². The Morgan fingerprint density at radius 1 is 1.33 bits per heavy atom. The highest BCUT2D eigenvalue weighted by atomic mass is 32.2. The highest BCUT2D eigenvalue weighted by Gasteiger charge is 2.22. The number of nitrogens with one attached hydrogen (secondary N) is 1. The van der Waals surface area contributed by atoms with E-state index < -0.39 is 15.3 Å². The van der Waals surface area contributed by atoms with Crippen molar-refractivity contribution in [2.45, 2.75) is 38.4 Å². The Hall–Kier alpha value is -1.07. The highest BCUT2D eigenvalue weighted by Crippen LogP contribution is 2.20. The summed E-state index contributed by atoms with van der Waals surface area (Å²) in [6.07, 6.45) is 0.510. The zero-order chi connectivity index (χ0) is 13.8. The van der Waals surface area contributed by atoms with Crippen molar-refractivity contribution in [1.82, 2.24) is 0 Å². The topological polar surface area (TPSA) is 72.2 Å². The molecule has 0 aromatic heterocycles. The molecule has 0 aliphatic rings. The lowest BCUT2D eigenvalue weighted by molar-refractivity contribution is 0.581. The Morgan fingerprint density at radius 2 is 2.00 bits per heavy atom. The second-order valence-electron chi connectivity index (χ2n) is 4.69. The smallest absolute Gasteiger partial charge is 0.236 e. The van der Waals surface area contributed by atoms with E-state index in [4.69, 9.17) is 5.73 Å². The van der Waals surface area contributed by atoms with Gasteiger partial charge >= 0.3 is 0 Å². The molecule has 1 aromatic carbocycles. The first-order valence-electron chi connectivity index (χ1n) is 6.22. The van der Waals surface area contributed by atoms with Crippen LogP contribution in [0, 0.1) is 0 Å². The summed E-state index contributed by atoms with van der Waals surface area (Å²) in [5.41, 5.74) is 7.19. The molecule has 5 heteroatoms. The molecule has 0 bridgehead atoms. The van der Waals surface area contributed by atoms with Crippen molar-refractivity contribution in [3.8, 4) is 0 Å². The van der Waals surface area contributed by atoms with Gasteiger partial charge in [0.15, 0.2) is 0 Å². The minimum absolute atomic E-state index is 0.135. The maximum atomic E-state index is 12.1. The summed E-state index contributed by atoms with van der Waals surface area (Å²) in [6.45, 7) is 6.10. The summed E-state index contributed by atoms with van der Waals surface area (Å²) in [6, 6.07) is 7.47. The van der Waals surface area contributed by atoms with Crippen molar-refractivity contribution in [3.05, 3.63) is 29.8 Å². The van der Waals surface area contributed by atoms with Gasteiger partial charge in [-0.15, -0.1) is 0 Å². The first kappa shape index (κ1) is 15.0. The maximum absolute atomic E-state index is 12.1. The Morgan fingerprint density at radius 3 is 2.50 bits per heavy atom. The van der Waals surface area contributed by atoms with E-state index in [1.54, 1.807) is 6.07 Å². The number of benzene rings is 1. The van der Waals surface area contributed by atoms with E-state index in [1.165, 1.54) is 0 Å². The molecule has 4 nitrogen and oxygen atoms in total. The summed E-state index contributed by atoms with van der Waals surface area (Å²) in [7, 11) is -3.39. The lowest BCUT2D eigenvalue weighted by Crippen LogP contribution is -2.33. The molecule has 0 radical (unpaired) electrons. The molecule has 0 aliphatic carbocycles. The molecule has 1 atom stereocenters. The average Bonchev–Trinajstić information content (AvgIpc) is 2.29. The number of anilines is 1. The van der Waals surface area contributed by atoms with Gasteiger partial charge in [0, 0.05) is 12.2 Å². The molecule has 0 aliphatic heterocycles. The van der Waals surface area contributed by atoms with E-state index in [-0.39, 0.29) is 6.54 Å². The molecule has 0 saturated carbocycles. The number of sulfonamides is 1. The number of hydrogen-bond donors (Lipinski definition) is 2. The Labute approximate surface area is 110 Å². The van der Waals surface area contributed by atoms with Crippen LogP contribution in [0.5, 0.6) is 0 Å². The van der Waals surface area contributed by atoms with Crippen LogP contribution in [-0.4, -0.2) is 20.2 Å². The van der Waals surface area contributed by atoms with E-state index in [0.29, 0.717) is 18.0 Å². The second kappa shape index (κ2) is 6.20. The highest BCUT2D eigenvalue weighted by molar-refractivity contribution is 7.93. The molecular formula is C13H22N2O2S. The summed E-state index contributed by atoms with van der Waals surface area (Å²) >= 11 is 0. The zero-order valence-corrected chi connectivity index (χ0v) is 12.0. The number of hydrogen-bond acceptors (Lipinski definition) is 3. The van der Waals surface area contributed by atoms with Crippen LogP contribution in [0.4, 0.5) is 5.69 Å². The zero-order valence-electron chi connectivity index (χ0n) is 11.2. The van der Waals surface area contributed by atoms with Crippen LogP contribution >= 0.6 is 0 Å². The molecule has 0 heterocycles. The van der Waals surface area contributed by atoms with E-state index >= 15 is 0 Å². The largest absolute Gasteiger partial charge is 0.329 e. The molecule has 1 aromatic rings. The SMILES string of the molecule is CCC(CN)S(=O)(=O)Nc1cccc(C(C)C)c1. The van der Waals surface area contributed by atoms with Gasteiger partial charge in [0.2, 0.25) is 10.0 Å². The van der Waals surface area contributed by atoms with Gasteiger partial charge in [0.05, 0.1) is 5.25 Å². The minimum Gasteiger partial charge on any atom is -0.329 e. The normalized spacial score (nSPS) is 13.6. The third kappa shape index (κ3) is 3.71. The van der Waals surface area contributed by atoms with E-state index in [9.17, 15) is 8.42 Å². The molecule has 0 fully saturated rings. The minimum atomic E-state index is -3.39. The Bertz CT molecular complexity index is 480. The van der Waals surface area contributed by atoms with Crippen LogP contribution in [0.1, 0.15) is 38.7 Å². The van der Waals surface area contributed by atoms with Crippen molar-refractivity contribution in [1.29, 1.82) is 0 Å². The van der Waals surface area contributed by atoms with Gasteiger partial charge in [-0.25, -0.2) is 8.42 Å². The molecule has 0 spiro atoms. The quantitative estimate of drug-likeness (QED) is 0.833. The third-order valence-electron chi connectivity index (χ3n) is 2.97. The van der Waals surface area contributed by atoms with E-state index in [2.05, 4.69) is 18.6 Å². The van der Waals surface area contributed by atoms with Gasteiger partial charge in [-0.3, -0.25) is 4.72 Å². The fourth-order valence-corrected chi connectivity index (χ4v) is 3.04. The lowest BCUT2D eigenvalue weighted by Gasteiger charge is -2.16. The average molecular weight is 270 g/mol. The fourth-order valence-electron chi connectivity index (χ4n) is 1.72. The predicted molar refractivity (Wildman–Crippen MR) is 76.2 cm³/mol. The van der Waals surface area contributed by atoms with Crippen molar-refractivity contribution in [2.24, 2.45) is 5.73 Å². The predicted octanol–water partition coefficient (Wildman–Crippen LogP) is 2.29. The van der Waals surface area contributed by atoms with Crippen LogP contribution in [0.15, 0.2) is 24.3 Å². The Balaban J connectivity index is 2.94. The van der Waals surface area contributed by atoms with Crippen molar-refractivity contribution in [3.63, 3.8) is 0 Å². The summed E-state index contributed by atoms with van der Waals surface area (Å²) in [5.74, 6) is 0.367. The van der Waals surface area contributed by atoms with Gasteiger partial charge in [-0.2, -0.15) is 0 Å².